The van der Waals surface area contributed by atoms with E-state index in [9.17, 15) is 29.1 Å². The molecule has 0 aliphatic rings. The average Bonchev–Trinajstić information content (AvgIpc) is 3.35. The molecule has 2 rings (SSSR count). The van der Waals surface area contributed by atoms with Crippen LogP contribution in [-0.4, -0.2) is 70.4 Å². The zero-order valence-corrected chi connectivity index (χ0v) is 23.7. The summed E-state index contributed by atoms with van der Waals surface area (Å²) in [5.74, 6) is -4.08. The SMILES string of the molecule is CCC(C)C(N)C(=O)NC(Cc1c[nH]c2ccccc12)C(=O)NC(CCC(N)=O)C(=O)NC(CCCCN)C(=O)O. The molecule has 1 heterocycles. The number of carboxylic acids is 1. The molecule has 5 atom stereocenters. The molecular weight excluding hydrogens is 530 g/mol. The monoisotopic (exact) mass is 573 g/mol. The first-order valence-corrected chi connectivity index (χ1v) is 13.9. The number of para-hydroxylation sites is 1. The van der Waals surface area contributed by atoms with Crippen molar-refractivity contribution in [3.63, 3.8) is 0 Å². The number of hydrogen-bond donors (Lipinski definition) is 8. The molecule has 0 fully saturated rings. The molecule has 0 aliphatic heterocycles. The molecule has 0 saturated heterocycles. The van der Waals surface area contributed by atoms with Gasteiger partial charge in [-0.15, -0.1) is 0 Å². The van der Waals surface area contributed by atoms with Gasteiger partial charge >= 0.3 is 5.97 Å². The summed E-state index contributed by atoms with van der Waals surface area (Å²) in [4.78, 5) is 66.1. The van der Waals surface area contributed by atoms with Crippen LogP contribution in [-0.2, 0) is 30.4 Å². The van der Waals surface area contributed by atoms with E-state index in [4.69, 9.17) is 17.2 Å². The van der Waals surface area contributed by atoms with Gasteiger partial charge in [-0.25, -0.2) is 4.79 Å². The largest absolute Gasteiger partial charge is 0.480 e. The first kappa shape index (κ1) is 33.2. The number of aliphatic carboxylic acids is 1. The van der Waals surface area contributed by atoms with Crippen LogP contribution >= 0.6 is 0 Å². The number of nitrogens with two attached hydrogens (primary N) is 3. The lowest BCUT2D eigenvalue weighted by atomic mass is 9.98. The molecule has 0 bridgehead atoms. The van der Waals surface area contributed by atoms with Gasteiger partial charge in [0.25, 0.3) is 0 Å². The molecule has 226 valence electrons. The van der Waals surface area contributed by atoms with Crippen LogP contribution in [0.25, 0.3) is 10.9 Å². The Hall–Kier alpha value is -3.97. The van der Waals surface area contributed by atoms with Crippen molar-refractivity contribution in [2.24, 2.45) is 23.1 Å². The van der Waals surface area contributed by atoms with Gasteiger partial charge in [0, 0.05) is 29.9 Å². The molecule has 4 amide bonds. The first-order valence-electron chi connectivity index (χ1n) is 13.9. The quantitative estimate of drug-likeness (QED) is 0.113. The number of benzene rings is 1. The summed E-state index contributed by atoms with van der Waals surface area (Å²) in [7, 11) is 0. The minimum atomic E-state index is -1.28. The fourth-order valence-corrected chi connectivity index (χ4v) is 4.36. The molecule has 13 heteroatoms. The first-order chi connectivity index (χ1) is 19.5. The summed E-state index contributed by atoms with van der Waals surface area (Å²) < 4.78 is 0. The summed E-state index contributed by atoms with van der Waals surface area (Å²) >= 11 is 0. The van der Waals surface area contributed by atoms with Crippen LogP contribution in [0.4, 0.5) is 0 Å². The molecule has 5 unspecified atom stereocenters. The zero-order valence-electron chi connectivity index (χ0n) is 23.7. The van der Waals surface area contributed by atoms with Crippen molar-refractivity contribution in [3.8, 4) is 0 Å². The highest BCUT2D eigenvalue weighted by atomic mass is 16.4. The number of fused-ring (bicyclic) bond motifs is 1. The molecular formula is C28H43N7O6. The number of rotatable bonds is 18. The Morgan fingerprint density at radius 2 is 1.56 bits per heavy atom. The van der Waals surface area contributed by atoms with E-state index >= 15 is 0 Å². The number of carbonyl (C=O) groups excluding carboxylic acids is 4. The minimum absolute atomic E-state index is 0.0792. The summed E-state index contributed by atoms with van der Waals surface area (Å²) in [6.45, 7) is 4.10. The predicted octanol–water partition coefficient (Wildman–Crippen LogP) is 0.0173. The maximum Gasteiger partial charge on any atom is 0.326 e. The average molecular weight is 574 g/mol. The fourth-order valence-electron chi connectivity index (χ4n) is 4.36. The number of H-pyrrole nitrogens is 1. The Balaban J connectivity index is 2.30. The summed E-state index contributed by atoms with van der Waals surface area (Å²) in [5.41, 5.74) is 18.5. The van der Waals surface area contributed by atoms with Gasteiger partial charge in [0.1, 0.15) is 18.1 Å². The number of hydrogen-bond acceptors (Lipinski definition) is 7. The van der Waals surface area contributed by atoms with Crippen molar-refractivity contribution in [3.05, 3.63) is 36.0 Å². The zero-order chi connectivity index (χ0) is 30.5. The molecule has 2 aromatic rings. The van der Waals surface area contributed by atoms with Gasteiger partial charge in [-0.1, -0.05) is 38.5 Å². The molecule has 41 heavy (non-hydrogen) atoms. The van der Waals surface area contributed by atoms with E-state index in [1.807, 2.05) is 38.1 Å². The third kappa shape index (κ3) is 10.2. The third-order valence-corrected chi connectivity index (χ3v) is 7.17. The van der Waals surface area contributed by atoms with Gasteiger partial charge in [-0.2, -0.15) is 0 Å². The normalized spacial score (nSPS) is 14.8. The molecule has 13 nitrogen and oxygen atoms in total. The molecule has 0 radical (unpaired) electrons. The minimum Gasteiger partial charge on any atom is -0.480 e. The molecule has 0 spiro atoms. The highest BCUT2D eigenvalue weighted by molar-refractivity contribution is 5.95. The second kappa shape index (κ2) is 16.3. The lowest BCUT2D eigenvalue weighted by Gasteiger charge is -2.26. The van der Waals surface area contributed by atoms with Gasteiger partial charge in [-0.3, -0.25) is 19.2 Å². The highest BCUT2D eigenvalue weighted by Gasteiger charge is 2.31. The van der Waals surface area contributed by atoms with Gasteiger partial charge in [0.05, 0.1) is 6.04 Å². The Labute approximate surface area is 239 Å². The topological polar surface area (TPSA) is 236 Å². The van der Waals surface area contributed by atoms with Crippen LogP contribution in [0.3, 0.4) is 0 Å². The highest BCUT2D eigenvalue weighted by Crippen LogP contribution is 2.19. The lowest BCUT2D eigenvalue weighted by Crippen LogP contribution is -2.58. The predicted molar refractivity (Wildman–Crippen MR) is 154 cm³/mol. The van der Waals surface area contributed by atoms with Crippen LogP contribution in [0, 0.1) is 5.92 Å². The van der Waals surface area contributed by atoms with Crippen molar-refractivity contribution in [2.75, 3.05) is 6.54 Å². The van der Waals surface area contributed by atoms with Crippen LogP contribution < -0.4 is 33.2 Å². The molecule has 0 saturated carbocycles. The van der Waals surface area contributed by atoms with E-state index in [2.05, 4.69) is 20.9 Å². The Morgan fingerprint density at radius 3 is 2.20 bits per heavy atom. The van der Waals surface area contributed by atoms with Crippen molar-refractivity contribution >= 4 is 40.5 Å². The van der Waals surface area contributed by atoms with Crippen LogP contribution in [0.2, 0.25) is 0 Å². The second-order valence-corrected chi connectivity index (χ2v) is 10.3. The molecule has 0 aliphatic carbocycles. The maximum absolute atomic E-state index is 13.6. The van der Waals surface area contributed by atoms with Gasteiger partial charge in [0.2, 0.25) is 23.6 Å². The summed E-state index contributed by atoms with van der Waals surface area (Å²) in [5, 5.41) is 18.2. The van der Waals surface area contributed by atoms with E-state index < -0.39 is 53.8 Å². The summed E-state index contributed by atoms with van der Waals surface area (Å²) in [6.07, 6.45) is 3.26. The molecule has 1 aromatic heterocycles. The smallest absolute Gasteiger partial charge is 0.326 e. The van der Waals surface area contributed by atoms with Crippen LogP contribution in [0.15, 0.2) is 30.5 Å². The number of carbonyl (C=O) groups is 5. The number of aromatic nitrogens is 1. The van der Waals surface area contributed by atoms with E-state index in [-0.39, 0.29) is 31.6 Å². The van der Waals surface area contributed by atoms with Gasteiger partial charge in [-0.05, 0) is 49.8 Å². The van der Waals surface area contributed by atoms with Gasteiger partial charge in [0.15, 0.2) is 0 Å². The Kier molecular flexibility index (Phi) is 13.2. The van der Waals surface area contributed by atoms with Gasteiger partial charge < -0.3 is 43.2 Å². The standard InChI is InChI=1S/C28H43N7O6/c1-3-16(2)24(31)27(39)35-22(14-17-15-32-19-9-5-4-8-18(17)19)26(38)33-20(11-12-23(30)36)25(37)34-21(28(40)41)10-6-7-13-29/h4-5,8-9,15-16,20-22,24,32H,3,6-7,10-14,29,31H2,1-2H3,(H2,30,36)(H,33,38)(H,34,37)(H,35,39)(H,40,41). The van der Waals surface area contributed by atoms with E-state index in [0.29, 0.717) is 25.8 Å². The van der Waals surface area contributed by atoms with Crippen molar-refractivity contribution in [1.82, 2.24) is 20.9 Å². The third-order valence-electron chi connectivity index (χ3n) is 7.17. The van der Waals surface area contributed by atoms with E-state index in [0.717, 1.165) is 16.5 Å². The second-order valence-electron chi connectivity index (χ2n) is 10.3. The van der Waals surface area contributed by atoms with Crippen molar-refractivity contribution < 1.29 is 29.1 Å². The van der Waals surface area contributed by atoms with Crippen molar-refractivity contribution in [2.45, 2.75) is 83.0 Å². The number of amides is 4. The van der Waals surface area contributed by atoms with Crippen molar-refractivity contribution in [1.29, 1.82) is 0 Å². The number of nitrogens with one attached hydrogen (secondary N) is 4. The molecule has 11 N–H and O–H groups in total. The number of aromatic amines is 1. The number of unbranched alkanes of at least 4 members (excludes halogenated alkanes) is 1. The Bertz CT molecular complexity index is 1200. The maximum atomic E-state index is 13.6. The number of primary amides is 1. The van der Waals surface area contributed by atoms with E-state index in [1.165, 1.54) is 0 Å². The van der Waals surface area contributed by atoms with Crippen LogP contribution in [0.5, 0.6) is 0 Å². The van der Waals surface area contributed by atoms with Crippen LogP contribution in [0.1, 0.15) is 57.9 Å². The Morgan fingerprint density at radius 1 is 0.927 bits per heavy atom. The molecule has 1 aromatic carbocycles. The lowest BCUT2D eigenvalue weighted by molar-refractivity contribution is -0.142. The number of carboxylic acid groups (broad SMARTS) is 1. The fraction of sp³-hybridized carbons (Fsp3) is 0.536. The van der Waals surface area contributed by atoms with E-state index in [1.54, 1.807) is 6.20 Å². The summed E-state index contributed by atoms with van der Waals surface area (Å²) in [6, 6.07) is 2.99.